The highest BCUT2D eigenvalue weighted by Gasteiger charge is 2.16. The summed E-state index contributed by atoms with van der Waals surface area (Å²) in [6, 6.07) is 5.92. The molecule has 0 heterocycles. The quantitative estimate of drug-likeness (QED) is 0.740. The standard InChI is InChI=1S/C14H21BrClNO2S/c1-3-9-17-13(8-5-10-20(2,18)19)11-6-4-7-12(15)14(11)16/h4,6-7,13,17H,3,5,8-10H2,1-2H3. The zero-order valence-electron chi connectivity index (χ0n) is 11.8. The lowest BCUT2D eigenvalue weighted by atomic mass is 10.0. The third kappa shape index (κ3) is 6.12. The van der Waals surface area contributed by atoms with Gasteiger partial charge in [0.1, 0.15) is 9.84 Å². The molecule has 20 heavy (non-hydrogen) atoms. The van der Waals surface area contributed by atoms with Crippen LogP contribution in [0.4, 0.5) is 0 Å². The molecule has 0 amide bonds. The van der Waals surface area contributed by atoms with Crippen LogP contribution in [0.15, 0.2) is 22.7 Å². The summed E-state index contributed by atoms with van der Waals surface area (Å²) in [7, 11) is -2.91. The molecule has 1 aromatic rings. The molecule has 0 bridgehead atoms. The van der Waals surface area contributed by atoms with Crippen LogP contribution in [0.5, 0.6) is 0 Å². The molecule has 0 fully saturated rings. The van der Waals surface area contributed by atoms with Crippen LogP contribution in [0.3, 0.4) is 0 Å². The first kappa shape index (κ1) is 18.0. The largest absolute Gasteiger partial charge is 0.310 e. The molecule has 0 saturated heterocycles. The number of sulfone groups is 1. The average Bonchev–Trinajstić information content (AvgIpc) is 2.36. The van der Waals surface area contributed by atoms with Gasteiger partial charge in [0.2, 0.25) is 0 Å². The molecule has 1 N–H and O–H groups in total. The van der Waals surface area contributed by atoms with Crippen molar-refractivity contribution in [1.82, 2.24) is 5.32 Å². The van der Waals surface area contributed by atoms with E-state index in [0.29, 0.717) is 11.4 Å². The fourth-order valence-corrected chi connectivity index (χ4v) is 3.36. The zero-order chi connectivity index (χ0) is 15.2. The summed E-state index contributed by atoms with van der Waals surface area (Å²) in [5.74, 6) is 0.211. The molecule has 0 aliphatic rings. The van der Waals surface area contributed by atoms with E-state index in [1.807, 2.05) is 18.2 Å². The molecule has 1 unspecified atom stereocenters. The number of hydrogen-bond acceptors (Lipinski definition) is 3. The van der Waals surface area contributed by atoms with E-state index in [4.69, 9.17) is 11.6 Å². The Balaban J connectivity index is 2.80. The summed E-state index contributed by atoms with van der Waals surface area (Å²) in [5, 5.41) is 4.13. The number of halogens is 2. The van der Waals surface area contributed by atoms with Crippen LogP contribution < -0.4 is 5.32 Å². The van der Waals surface area contributed by atoms with Crippen LogP contribution in [0.25, 0.3) is 0 Å². The topological polar surface area (TPSA) is 46.2 Å². The minimum Gasteiger partial charge on any atom is -0.310 e. The van der Waals surface area contributed by atoms with E-state index in [-0.39, 0.29) is 11.8 Å². The maximum atomic E-state index is 11.2. The predicted octanol–water partition coefficient (Wildman–Crippen LogP) is 3.97. The average molecular weight is 383 g/mol. The van der Waals surface area contributed by atoms with Gasteiger partial charge in [0.15, 0.2) is 0 Å². The zero-order valence-corrected chi connectivity index (χ0v) is 15.0. The van der Waals surface area contributed by atoms with E-state index in [2.05, 4.69) is 28.2 Å². The van der Waals surface area contributed by atoms with Crippen molar-refractivity contribution in [3.8, 4) is 0 Å². The van der Waals surface area contributed by atoms with Crippen molar-refractivity contribution in [1.29, 1.82) is 0 Å². The van der Waals surface area contributed by atoms with E-state index in [0.717, 1.165) is 29.4 Å². The first-order valence-corrected chi connectivity index (χ1v) is 9.93. The van der Waals surface area contributed by atoms with Crippen LogP contribution in [0, 0.1) is 0 Å². The molecule has 0 aliphatic heterocycles. The molecule has 0 aromatic heterocycles. The third-order valence-corrected chi connectivity index (χ3v) is 5.35. The van der Waals surface area contributed by atoms with Gasteiger partial charge in [-0.15, -0.1) is 0 Å². The van der Waals surface area contributed by atoms with E-state index in [9.17, 15) is 8.42 Å². The lowest BCUT2D eigenvalue weighted by Crippen LogP contribution is -2.23. The van der Waals surface area contributed by atoms with Gasteiger partial charge >= 0.3 is 0 Å². The first-order chi connectivity index (χ1) is 9.35. The normalized spacial score (nSPS) is 13.4. The van der Waals surface area contributed by atoms with E-state index in [1.54, 1.807) is 0 Å². The van der Waals surface area contributed by atoms with Crippen LogP contribution in [0.1, 0.15) is 37.8 Å². The number of nitrogens with one attached hydrogen (secondary N) is 1. The van der Waals surface area contributed by atoms with Gasteiger partial charge in [-0.3, -0.25) is 0 Å². The molecule has 0 aliphatic carbocycles. The second-order valence-corrected chi connectivity index (χ2v) is 8.41. The Morgan fingerprint density at radius 2 is 2.10 bits per heavy atom. The molecule has 0 radical (unpaired) electrons. The first-order valence-electron chi connectivity index (χ1n) is 6.70. The maximum Gasteiger partial charge on any atom is 0.147 e. The molecular formula is C14H21BrClNO2S. The van der Waals surface area contributed by atoms with Crippen LogP contribution in [-0.4, -0.2) is 27.0 Å². The minimum atomic E-state index is -2.91. The molecule has 0 spiro atoms. The Morgan fingerprint density at radius 3 is 2.70 bits per heavy atom. The molecule has 1 rings (SSSR count). The lowest BCUT2D eigenvalue weighted by Gasteiger charge is -2.20. The molecule has 0 saturated carbocycles. The van der Waals surface area contributed by atoms with Crippen molar-refractivity contribution in [2.75, 3.05) is 18.6 Å². The highest BCUT2D eigenvalue weighted by atomic mass is 79.9. The summed E-state index contributed by atoms with van der Waals surface area (Å²) in [4.78, 5) is 0. The van der Waals surface area contributed by atoms with Crippen LogP contribution >= 0.6 is 27.5 Å². The Hall–Kier alpha value is -0.100. The number of benzene rings is 1. The van der Waals surface area contributed by atoms with Crippen molar-refractivity contribution in [2.24, 2.45) is 0 Å². The van der Waals surface area contributed by atoms with Gasteiger partial charge in [0.25, 0.3) is 0 Å². The van der Waals surface area contributed by atoms with Crippen LogP contribution in [0.2, 0.25) is 5.02 Å². The molecule has 114 valence electrons. The van der Waals surface area contributed by atoms with Gasteiger partial charge < -0.3 is 5.32 Å². The second-order valence-electron chi connectivity index (χ2n) is 4.92. The number of hydrogen-bond donors (Lipinski definition) is 1. The molecule has 1 aromatic carbocycles. The Bertz CT molecular complexity index is 534. The number of rotatable bonds is 8. The summed E-state index contributed by atoms with van der Waals surface area (Å²) in [6.45, 7) is 2.98. The van der Waals surface area contributed by atoms with Gasteiger partial charge in [-0.2, -0.15) is 0 Å². The minimum absolute atomic E-state index is 0.0849. The molecule has 1 atom stereocenters. The third-order valence-electron chi connectivity index (χ3n) is 3.01. The van der Waals surface area contributed by atoms with E-state index in [1.165, 1.54) is 6.26 Å². The van der Waals surface area contributed by atoms with Crippen molar-refractivity contribution in [2.45, 2.75) is 32.2 Å². The summed E-state index contributed by atoms with van der Waals surface area (Å²) >= 11 is 9.76. The van der Waals surface area contributed by atoms with Gasteiger partial charge in [0.05, 0.1) is 5.02 Å². The van der Waals surface area contributed by atoms with Crippen molar-refractivity contribution < 1.29 is 8.42 Å². The summed E-state index contributed by atoms with van der Waals surface area (Å²) < 4.78 is 23.3. The second kappa shape index (κ2) is 8.37. The van der Waals surface area contributed by atoms with Crippen molar-refractivity contribution in [3.63, 3.8) is 0 Å². The van der Waals surface area contributed by atoms with Gasteiger partial charge in [-0.25, -0.2) is 8.42 Å². The fraction of sp³-hybridized carbons (Fsp3) is 0.571. The predicted molar refractivity (Wildman–Crippen MR) is 89.1 cm³/mol. The lowest BCUT2D eigenvalue weighted by molar-refractivity contribution is 0.492. The van der Waals surface area contributed by atoms with E-state index >= 15 is 0 Å². The highest BCUT2D eigenvalue weighted by Crippen LogP contribution is 2.32. The van der Waals surface area contributed by atoms with Gasteiger partial charge in [-0.05, 0) is 53.4 Å². The summed E-state index contributed by atoms with van der Waals surface area (Å²) in [5.41, 5.74) is 1.02. The Morgan fingerprint density at radius 1 is 1.40 bits per heavy atom. The molecule has 6 heteroatoms. The van der Waals surface area contributed by atoms with Gasteiger partial charge in [-0.1, -0.05) is 30.7 Å². The molecular weight excluding hydrogens is 362 g/mol. The van der Waals surface area contributed by atoms with Crippen LogP contribution in [-0.2, 0) is 9.84 Å². The van der Waals surface area contributed by atoms with Crippen molar-refractivity contribution >= 4 is 37.4 Å². The summed E-state index contributed by atoms with van der Waals surface area (Å²) in [6.07, 6.45) is 3.67. The Labute approximate surface area is 135 Å². The SMILES string of the molecule is CCCNC(CCCS(C)(=O)=O)c1cccc(Br)c1Cl. The fourth-order valence-electron chi connectivity index (χ4n) is 2.03. The van der Waals surface area contributed by atoms with Gasteiger partial charge in [0, 0.05) is 22.5 Å². The monoisotopic (exact) mass is 381 g/mol. The molecule has 3 nitrogen and oxygen atoms in total. The highest BCUT2D eigenvalue weighted by molar-refractivity contribution is 9.10. The van der Waals surface area contributed by atoms with Crippen molar-refractivity contribution in [3.05, 3.63) is 33.3 Å². The van der Waals surface area contributed by atoms with E-state index < -0.39 is 9.84 Å². The Kier molecular flexibility index (Phi) is 7.51. The smallest absolute Gasteiger partial charge is 0.147 e. The maximum absolute atomic E-state index is 11.2.